The van der Waals surface area contributed by atoms with Crippen LogP contribution in [0.25, 0.3) is 0 Å². The predicted octanol–water partition coefficient (Wildman–Crippen LogP) is 9.43. The van der Waals surface area contributed by atoms with Crippen molar-refractivity contribution in [2.24, 2.45) is 0 Å². The van der Waals surface area contributed by atoms with E-state index in [-0.39, 0.29) is 37.6 Å². The highest BCUT2D eigenvalue weighted by Gasteiger charge is 2.49. The van der Waals surface area contributed by atoms with Gasteiger partial charge in [-0.15, -0.1) is 4.33 Å². The Hall–Kier alpha value is -3.08. The second-order valence-electron chi connectivity index (χ2n) is 17.2. The van der Waals surface area contributed by atoms with Gasteiger partial charge in [0.25, 0.3) is 0 Å². The minimum Gasteiger partial charge on any atom is -0.691 e. The van der Waals surface area contributed by atoms with E-state index in [4.69, 9.17) is 18.4 Å². The first-order valence-corrected chi connectivity index (χ1v) is 25.0. The number of carbonyl (C=O) groups is 3. The molecule has 0 bridgehead atoms. The number of benzene rings is 2. The van der Waals surface area contributed by atoms with E-state index >= 15 is 0 Å². The van der Waals surface area contributed by atoms with Crippen molar-refractivity contribution in [3.8, 4) is 0 Å². The number of aliphatic hydroxyl groups is 2. The van der Waals surface area contributed by atoms with Crippen LogP contribution in [0.3, 0.4) is 0 Å². The van der Waals surface area contributed by atoms with E-state index in [0.717, 1.165) is 103 Å². The minimum atomic E-state index is -1.70. The summed E-state index contributed by atoms with van der Waals surface area (Å²) in [6, 6.07) is 19.5. The van der Waals surface area contributed by atoms with Gasteiger partial charge in [-0.25, -0.2) is 0 Å². The van der Waals surface area contributed by atoms with Gasteiger partial charge in [0.15, 0.2) is 24.7 Å². The van der Waals surface area contributed by atoms with Crippen molar-refractivity contribution >= 4 is 30.2 Å². The van der Waals surface area contributed by atoms with Crippen LogP contribution in [0.4, 0.5) is 0 Å². The molecule has 0 radical (unpaired) electrons. The standard InChI is InChI=1S/C50H79NO12S/c1-2-3-4-5-6-7-8-15-26-35-42(58-45(54)36-27-16-11-9-13-20-29-40-31-22-18-23-32-40)38-44(53)51-47-49(48(61-64-63-62-57)43(39-52)59-50(47)56)60-46(55)37-28-17-12-10-14-21-30-41-33-24-19-25-34-41/h18-19,22-25,31-34,42-43,47-50,52,56-57H,2-17,20-21,26-30,35-39H2,1H3,(H,51,53)/p-1/t42-,43+,47+,48+,49+,50?/m0/s1. The van der Waals surface area contributed by atoms with E-state index in [1.54, 1.807) is 0 Å². The first kappa shape index (κ1) is 55.2. The van der Waals surface area contributed by atoms with E-state index in [9.17, 15) is 29.9 Å². The molecule has 1 aliphatic rings. The fourth-order valence-electron chi connectivity index (χ4n) is 8.24. The Kier molecular flexibility index (Phi) is 31.2. The summed E-state index contributed by atoms with van der Waals surface area (Å²) < 4.78 is 27.2. The van der Waals surface area contributed by atoms with Gasteiger partial charge in [-0.05, 0) is 62.5 Å². The first-order chi connectivity index (χ1) is 31.3. The summed E-state index contributed by atoms with van der Waals surface area (Å²) in [5, 5.41) is 37.9. The summed E-state index contributed by atoms with van der Waals surface area (Å²) in [6.07, 6.45) is 18.2. The van der Waals surface area contributed by atoms with Crippen molar-refractivity contribution < 1.29 is 57.6 Å². The number of unbranched alkanes of at least 4 members (excludes halogenated alkanes) is 18. The van der Waals surface area contributed by atoms with E-state index in [2.05, 4.69) is 58.0 Å². The molecule has 3 N–H and O–H groups in total. The number of nitrogens with one attached hydrogen (secondary N) is 1. The monoisotopic (exact) mass is 917 g/mol. The maximum atomic E-state index is 13.7. The minimum absolute atomic E-state index is 0.0764. The average molecular weight is 917 g/mol. The van der Waals surface area contributed by atoms with E-state index in [1.807, 2.05) is 24.3 Å². The number of aryl methyl sites for hydroxylation is 2. The lowest BCUT2D eigenvalue weighted by Crippen LogP contribution is -2.65. The third-order valence-electron chi connectivity index (χ3n) is 11.9. The third-order valence-corrected chi connectivity index (χ3v) is 12.3. The maximum Gasteiger partial charge on any atom is 0.306 e. The predicted molar refractivity (Wildman–Crippen MR) is 246 cm³/mol. The Labute approximate surface area is 387 Å². The number of hydrogen-bond acceptors (Lipinski definition) is 13. The third kappa shape index (κ3) is 25.0. The summed E-state index contributed by atoms with van der Waals surface area (Å²) in [5.41, 5.74) is 2.68. The normalized spacial score (nSPS) is 19.0. The Morgan fingerprint density at radius 3 is 1.72 bits per heavy atom. The molecule has 64 heavy (non-hydrogen) atoms. The van der Waals surface area contributed by atoms with Gasteiger partial charge in [0.1, 0.15) is 24.4 Å². The smallest absolute Gasteiger partial charge is 0.306 e. The molecule has 0 spiro atoms. The second kappa shape index (κ2) is 36.1. The van der Waals surface area contributed by atoms with E-state index < -0.39 is 55.2 Å². The van der Waals surface area contributed by atoms with Gasteiger partial charge in [-0.2, -0.15) is 0 Å². The summed E-state index contributed by atoms with van der Waals surface area (Å²) >= 11 is 0.141. The molecular weight excluding hydrogens is 839 g/mol. The number of rotatable bonds is 38. The molecule has 0 aromatic heterocycles. The molecular formula is C50H78NO12S-. The largest absolute Gasteiger partial charge is 0.691 e. The van der Waals surface area contributed by atoms with Gasteiger partial charge in [0, 0.05) is 12.8 Å². The number of amides is 1. The van der Waals surface area contributed by atoms with E-state index in [1.165, 1.54) is 43.2 Å². The molecule has 13 nitrogen and oxygen atoms in total. The number of hydrogen-bond donors (Lipinski definition) is 3. The quantitative estimate of drug-likeness (QED) is 0.0191. The van der Waals surface area contributed by atoms with Crippen molar-refractivity contribution in [2.75, 3.05) is 6.61 Å². The van der Waals surface area contributed by atoms with Gasteiger partial charge in [-0.3, -0.25) is 23.6 Å². The topological polar surface area (TPSA) is 182 Å². The Morgan fingerprint density at radius 2 is 1.19 bits per heavy atom. The fraction of sp³-hybridized carbons (Fsp3) is 0.700. The maximum absolute atomic E-state index is 13.7. The van der Waals surface area contributed by atoms with Crippen molar-refractivity contribution in [2.45, 2.75) is 217 Å². The number of carbonyl (C=O) groups excluding carboxylic acids is 3. The van der Waals surface area contributed by atoms with Crippen molar-refractivity contribution in [1.82, 2.24) is 5.32 Å². The molecule has 0 saturated carbocycles. The molecule has 1 aliphatic heterocycles. The highest BCUT2D eigenvalue weighted by Crippen LogP contribution is 2.29. The molecule has 362 valence electrons. The highest BCUT2D eigenvalue weighted by atomic mass is 32.2. The van der Waals surface area contributed by atoms with Gasteiger partial charge in [0.05, 0.1) is 13.0 Å². The van der Waals surface area contributed by atoms with Crippen LogP contribution in [0.15, 0.2) is 60.7 Å². The lowest BCUT2D eigenvalue weighted by molar-refractivity contribution is -0.777. The summed E-state index contributed by atoms with van der Waals surface area (Å²) in [4.78, 5) is 40.1. The fourth-order valence-corrected chi connectivity index (χ4v) is 8.62. The Bertz CT molecular complexity index is 1470. The van der Waals surface area contributed by atoms with Crippen molar-refractivity contribution in [1.29, 1.82) is 0 Å². The van der Waals surface area contributed by atoms with Crippen LogP contribution in [0.1, 0.15) is 179 Å². The average Bonchev–Trinajstić information content (AvgIpc) is 3.30. The summed E-state index contributed by atoms with van der Waals surface area (Å²) in [5.74, 6) is -1.50. The molecule has 2 aromatic carbocycles. The van der Waals surface area contributed by atoms with Crippen LogP contribution in [0.2, 0.25) is 0 Å². The van der Waals surface area contributed by atoms with Crippen LogP contribution < -0.4 is 10.6 Å². The van der Waals surface area contributed by atoms with E-state index in [0.29, 0.717) is 19.3 Å². The Morgan fingerprint density at radius 1 is 0.688 bits per heavy atom. The zero-order valence-electron chi connectivity index (χ0n) is 38.4. The number of aliphatic hydroxyl groups excluding tert-OH is 2. The molecule has 14 heteroatoms. The molecule has 1 fully saturated rings. The number of ether oxygens (including phenoxy) is 3. The zero-order valence-corrected chi connectivity index (χ0v) is 39.2. The van der Waals surface area contributed by atoms with Crippen LogP contribution in [-0.4, -0.2) is 71.4 Å². The van der Waals surface area contributed by atoms with Crippen LogP contribution in [0.5, 0.6) is 0 Å². The molecule has 3 rings (SSSR count). The second-order valence-corrected chi connectivity index (χ2v) is 17.7. The van der Waals surface area contributed by atoms with Crippen molar-refractivity contribution in [3.05, 3.63) is 71.8 Å². The van der Waals surface area contributed by atoms with Crippen molar-refractivity contribution in [3.63, 3.8) is 0 Å². The van der Waals surface area contributed by atoms with Gasteiger partial charge < -0.3 is 35.0 Å². The summed E-state index contributed by atoms with van der Waals surface area (Å²) in [6.45, 7) is 1.56. The summed E-state index contributed by atoms with van der Waals surface area (Å²) in [7, 11) is 0. The SMILES string of the molecule is CCCCCCCCCCC[C@@H](CC(=O)N[C@H]1C(O)O[C@H](CO)[C@@H](OSOO[O-])[C@@H]1OC(=O)CCCCCCCCc1ccccc1)OC(=O)CCCCCCCCc1ccccc1. The lowest BCUT2D eigenvalue weighted by atomic mass is 9.96. The lowest BCUT2D eigenvalue weighted by Gasteiger charge is -2.43. The molecule has 1 heterocycles. The Balaban J connectivity index is 1.54. The molecule has 1 saturated heterocycles. The molecule has 1 amide bonds. The van der Waals surface area contributed by atoms with Gasteiger partial charge in [-0.1, -0.05) is 170 Å². The van der Waals surface area contributed by atoms with Gasteiger partial charge >= 0.3 is 11.9 Å². The first-order valence-electron chi connectivity index (χ1n) is 24.3. The molecule has 0 aliphatic carbocycles. The van der Waals surface area contributed by atoms with Crippen LogP contribution >= 0.6 is 12.3 Å². The van der Waals surface area contributed by atoms with Crippen LogP contribution in [0, 0.1) is 0 Å². The highest BCUT2D eigenvalue weighted by molar-refractivity contribution is 7.89. The van der Waals surface area contributed by atoms with Gasteiger partial charge in [0.2, 0.25) is 5.91 Å². The molecule has 1 unspecified atom stereocenters. The van der Waals surface area contributed by atoms with Crippen LogP contribution in [-0.2, 0) is 55.0 Å². The molecule has 2 aromatic rings. The number of esters is 2. The molecule has 6 atom stereocenters. The zero-order chi connectivity index (χ0) is 45.9.